The smallest absolute Gasteiger partial charge is 0.254 e. The highest BCUT2D eigenvalue weighted by atomic mass is 35.5. The van der Waals surface area contributed by atoms with Gasteiger partial charge in [0.2, 0.25) is 0 Å². The summed E-state index contributed by atoms with van der Waals surface area (Å²) >= 11 is 6.21. The van der Waals surface area contributed by atoms with E-state index in [0.29, 0.717) is 23.0 Å². The van der Waals surface area contributed by atoms with E-state index in [1.165, 1.54) is 18.2 Å². The predicted octanol–water partition coefficient (Wildman–Crippen LogP) is 7.01. The summed E-state index contributed by atoms with van der Waals surface area (Å²) in [7, 11) is 0. The SMILES string of the molecule is Cc1ccc(C(=O)N(CC[C@H](N)CF)C(c2nc(-c3cc(Cl)ccc3F)nn2Cc2ccccc2)C(C)(C)C)cc1. The van der Waals surface area contributed by atoms with E-state index in [9.17, 15) is 13.6 Å². The Bertz CT molecular complexity index is 1470. The summed E-state index contributed by atoms with van der Waals surface area (Å²) in [5.74, 6) is -0.106. The van der Waals surface area contributed by atoms with Crippen LogP contribution in [0.5, 0.6) is 0 Å². The minimum absolute atomic E-state index is 0.161. The van der Waals surface area contributed by atoms with Crippen LogP contribution in [0.4, 0.5) is 8.78 Å². The maximum absolute atomic E-state index is 15.0. The van der Waals surface area contributed by atoms with Crippen LogP contribution in [0.25, 0.3) is 11.4 Å². The van der Waals surface area contributed by atoms with Gasteiger partial charge in [0.05, 0.1) is 18.2 Å². The molecule has 0 saturated heterocycles. The van der Waals surface area contributed by atoms with Crippen LogP contribution in [-0.2, 0) is 6.54 Å². The molecule has 216 valence electrons. The lowest BCUT2D eigenvalue weighted by Crippen LogP contribution is -2.44. The van der Waals surface area contributed by atoms with Crippen LogP contribution in [0, 0.1) is 18.2 Å². The summed E-state index contributed by atoms with van der Waals surface area (Å²) in [5, 5.41) is 5.09. The molecule has 2 atom stereocenters. The fourth-order valence-electron chi connectivity index (χ4n) is 4.80. The number of carbonyl (C=O) groups excluding carboxylic acids is 1. The summed E-state index contributed by atoms with van der Waals surface area (Å²) < 4.78 is 30.1. The molecule has 4 aromatic rings. The quantitative estimate of drug-likeness (QED) is 0.219. The van der Waals surface area contributed by atoms with Gasteiger partial charge in [-0.05, 0) is 54.7 Å². The van der Waals surface area contributed by atoms with Crippen molar-refractivity contribution in [3.8, 4) is 11.4 Å². The molecular formula is C32H36ClF2N5O. The van der Waals surface area contributed by atoms with Gasteiger partial charge in [0.1, 0.15) is 12.5 Å². The number of nitrogens with two attached hydrogens (primary N) is 1. The maximum atomic E-state index is 15.0. The Morgan fingerprint density at radius 2 is 1.76 bits per heavy atom. The van der Waals surface area contributed by atoms with E-state index in [0.717, 1.165) is 11.1 Å². The standard InChI is InChI=1S/C32H36ClF2N5O/c1-21-10-12-23(13-11-21)31(41)39(17-16-25(36)19-34)28(32(2,3)4)30-37-29(26-18-24(33)14-15-27(26)35)38-40(30)20-22-8-6-5-7-9-22/h5-15,18,25,28H,16-17,19-20,36H2,1-4H3/t25-,28?/m0/s1. The molecule has 1 heterocycles. The van der Waals surface area contributed by atoms with Gasteiger partial charge in [0.25, 0.3) is 5.91 Å². The van der Waals surface area contributed by atoms with Gasteiger partial charge in [-0.3, -0.25) is 4.79 Å². The first-order valence-electron chi connectivity index (χ1n) is 13.6. The number of hydrogen-bond donors (Lipinski definition) is 1. The Balaban J connectivity index is 1.90. The Morgan fingerprint density at radius 1 is 1.07 bits per heavy atom. The molecule has 0 aliphatic rings. The Hall–Kier alpha value is -3.62. The van der Waals surface area contributed by atoms with E-state index in [1.807, 2.05) is 70.2 Å². The average Bonchev–Trinajstić information content (AvgIpc) is 3.34. The molecule has 2 N–H and O–H groups in total. The minimum atomic E-state index is -0.720. The van der Waals surface area contributed by atoms with Crippen molar-refractivity contribution in [3.63, 3.8) is 0 Å². The van der Waals surface area contributed by atoms with Gasteiger partial charge in [-0.2, -0.15) is 5.10 Å². The van der Waals surface area contributed by atoms with Gasteiger partial charge in [0, 0.05) is 23.2 Å². The van der Waals surface area contributed by atoms with E-state index in [-0.39, 0.29) is 30.3 Å². The van der Waals surface area contributed by atoms with Crippen LogP contribution in [-0.4, -0.2) is 44.8 Å². The van der Waals surface area contributed by atoms with Crippen molar-refractivity contribution >= 4 is 17.5 Å². The number of halogens is 3. The van der Waals surface area contributed by atoms with Crippen molar-refractivity contribution in [3.05, 3.63) is 106 Å². The zero-order chi connectivity index (χ0) is 29.7. The van der Waals surface area contributed by atoms with Crippen LogP contribution in [0.2, 0.25) is 5.02 Å². The van der Waals surface area contributed by atoms with Gasteiger partial charge >= 0.3 is 0 Å². The van der Waals surface area contributed by atoms with E-state index < -0.39 is 30.0 Å². The summed E-state index contributed by atoms with van der Waals surface area (Å²) in [6.07, 6.45) is 0.253. The Kier molecular flexibility index (Phi) is 9.56. The fourth-order valence-corrected chi connectivity index (χ4v) is 4.97. The van der Waals surface area contributed by atoms with Crippen LogP contribution in [0.15, 0.2) is 72.8 Å². The molecule has 0 spiro atoms. The number of aryl methyl sites for hydroxylation is 1. The lowest BCUT2D eigenvalue weighted by atomic mass is 9.84. The van der Waals surface area contributed by atoms with Gasteiger partial charge in [-0.25, -0.2) is 18.4 Å². The zero-order valence-electron chi connectivity index (χ0n) is 23.8. The number of rotatable bonds is 10. The first kappa shape index (κ1) is 30.3. The number of alkyl halides is 1. The van der Waals surface area contributed by atoms with Crippen LogP contribution in [0.3, 0.4) is 0 Å². The molecule has 1 aromatic heterocycles. The van der Waals surface area contributed by atoms with Gasteiger partial charge < -0.3 is 10.6 Å². The summed E-state index contributed by atoms with van der Waals surface area (Å²) in [4.78, 5) is 20.7. The Morgan fingerprint density at radius 3 is 2.39 bits per heavy atom. The van der Waals surface area contributed by atoms with Crippen molar-refractivity contribution < 1.29 is 13.6 Å². The number of carbonyl (C=O) groups is 1. The lowest BCUT2D eigenvalue weighted by molar-refractivity contribution is 0.0469. The molecule has 0 aliphatic heterocycles. The third kappa shape index (κ3) is 7.37. The molecule has 1 unspecified atom stereocenters. The second kappa shape index (κ2) is 12.9. The average molecular weight is 580 g/mol. The third-order valence-electron chi connectivity index (χ3n) is 6.92. The third-order valence-corrected chi connectivity index (χ3v) is 7.15. The molecular weight excluding hydrogens is 544 g/mol. The largest absolute Gasteiger partial charge is 0.328 e. The topological polar surface area (TPSA) is 77.0 Å². The van der Waals surface area contributed by atoms with E-state index in [2.05, 4.69) is 0 Å². The highest BCUT2D eigenvalue weighted by molar-refractivity contribution is 6.30. The van der Waals surface area contributed by atoms with Crippen LogP contribution < -0.4 is 5.73 Å². The summed E-state index contributed by atoms with van der Waals surface area (Å²) in [5.41, 5.74) is 8.06. The molecule has 6 nitrogen and oxygen atoms in total. The molecule has 9 heteroatoms. The second-order valence-electron chi connectivity index (χ2n) is 11.4. The van der Waals surface area contributed by atoms with E-state index in [1.54, 1.807) is 21.7 Å². The molecule has 0 bridgehead atoms. The minimum Gasteiger partial charge on any atom is -0.328 e. The molecule has 4 rings (SSSR count). The summed E-state index contributed by atoms with van der Waals surface area (Å²) in [6, 6.07) is 19.9. The number of nitrogens with zero attached hydrogens (tertiary/aromatic N) is 4. The first-order valence-corrected chi connectivity index (χ1v) is 14.0. The fraction of sp³-hybridized carbons (Fsp3) is 0.344. The number of benzene rings is 3. The molecule has 0 radical (unpaired) electrons. The van der Waals surface area contributed by atoms with Crippen molar-refractivity contribution in [2.24, 2.45) is 11.1 Å². The molecule has 41 heavy (non-hydrogen) atoms. The molecule has 0 fully saturated rings. The molecule has 0 saturated carbocycles. The van der Waals surface area contributed by atoms with Crippen molar-refractivity contribution in [2.75, 3.05) is 13.2 Å². The lowest BCUT2D eigenvalue weighted by Gasteiger charge is -2.40. The van der Waals surface area contributed by atoms with E-state index in [4.69, 9.17) is 27.4 Å². The number of hydrogen-bond acceptors (Lipinski definition) is 4. The van der Waals surface area contributed by atoms with Crippen molar-refractivity contribution in [1.29, 1.82) is 0 Å². The first-order chi connectivity index (χ1) is 19.5. The zero-order valence-corrected chi connectivity index (χ0v) is 24.6. The molecule has 0 aliphatic carbocycles. The normalized spacial score (nSPS) is 13.2. The van der Waals surface area contributed by atoms with Gasteiger partial charge in [0.15, 0.2) is 11.6 Å². The maximum Gasteiger partial charge on any atom is 0.254 e. The molecule has 1 amide bonds. The second-order valence-corrected chi connectivity index (χ2v) is 11.8. The van der Waals surface area contributed by atoms with Crippen molar-refractivity contribution in [1.82, 2.24) is 19.7 Å². The predicted molar refractivity (Wildman–Crippen MR) is 159 cm³/mol. The van der Waals surface area contributed by atoms with E-state index >= 15 is 0 Å². The highest BCUT2D eigenvalue weighted by Crippen LogP contribution is 2.39. The summed E-state index contributed by atoms with van der Waals surface area (Å²) in [6.45, 7) is 7.80. The highest BCUT2D eigenvalue weighted by Gasteiger charge is 2.39. The Labute approximate surface area is 245 Å². The van der Waals surface area contributed by atoms with Crippen molar-refractivity contribution in [2.45, 2.75) is 52.7 Å². The van der Waals surface area contributed by atoms with Crippen LogP contribution in [0.1, 0.15) is 60.5 Å². The number of amides is 1. The molecule has 3 aromatic carbocycles. The number of aromatic nitrogens is 3. The van der Waals surface area contributed by atoms with Crippen LogP contribution >= 0.6 is 11.6 Å². The monoisotopic (exact) mass is 579 g/mol. The van der Waals surface area contributed by atoms with Gasteiger partial charge in [-0.1, -0.05) is 80.4 Å². The van der Waals surface area contributed by atoms with Gasteiger partial charge in [-0.15, -0.1) is 0 Å².